The molecule has 5 aromatic heterocycles. The number of aryl methyl sites for hydroxylation is 1. The number of fused-ring (bicyclic) bond motifs is 2. The molecule has 0 saturated carbocycles. The van der Waals surface area contributed by atoms with E-state index < -0.39 is 12.7 Å². The second kappa shape index (κ2) is 12.1. The van der Waals surface area contributed by atoms with E-state index in [1.807, 2.05) is 78.9 Å². The average Bonchev–Trinajstić information content (AvgIpc) is 3.80. The Kier molecular flexibility index (Phi) is 7.03. The maximum absolute atomic E-state index is 14.6. The van der Waals surface area contributed by atoms with Crippen LogP contribution in [0, 0.1) is 6.07 Å². The van der Waals surface area contributed by atoms with Crippen molar-refractivity contribution in [1.82, 2.24) is 37.8 Å². The minimum atomic E-state index is -2.49. The summed E-state index contributed by atoms with van der Waals surface area (Å²) in [6, 6.07) is 32.6. The molecule has 0 saturated heterocycles. The fourth-order valence-electron chi connectivity index (χ4n) is 6.04. The average molecular weight is 830 g/mol. The van der Waals surface area contributed by atoms with Crippen LogP contribution in [0.15, 0.2) is 125 Å². The zero-order valence-corrected chi connectivity index (χ0v) is 29.0. The first-order valence-electron chi connectivity index (χ1n) is 16.9. The van der Waals surface area contributed by atoms with Crippen LogP contribution >= 0.6 is 0 Å². The monoisotopic (exact) mass is 829 g/mol. The molecule has 10 nitrogen and oxygen atoms in total. The number of hydrogen-bond donors (Lipinski definition) is 0. The van der Waals surface area contributed by atoms with E-state index in [2.05, 4.69) is 36.8 Å². The van der Waals surface area contributed by atoms with E-state index in [9.17, 15) is 9.59 Å². The van der Waals surface area contributed by atoms with Gasteiger partial charge in [0.2, 0.25) is 0 Å². The molecule has 0 radical (unpaired) electrons. The fraction of sp³-hybridized carbons (Fsp3) is 0.132. The Balaban J connectivity index is 0.00000420. The molecule has 0 atom stereocenters. The summed E-state index contributed by atoms with van der Waals surface area (Å²) in [5, 5.41) is 0. The molecule has 8 aromatic rings. The topological polar surface area (TPSA) is 97.5 Å². The predicted octanol–water partition coefficient (Wildman–Crippen LogP) is 6.16. The van der Waals surface area contributed by atoms with Gasteiger partial charge in [-0.1, -0.05) is 63.2 Å². The molecule has 11 heteroatoms. The smallest absolute Gasteiger partial charge is 0.326 e. The van der Waals surface area contributed by atoms with Crippen molar-refractivity contribution in [2.75, 3.05) is 0 Å². The van der Waals surface area contributed by atoms with Gasteiger partial charge in [-0.05, 0) is 81.6 Å². The van der Waals surface area contributed by atoms with Gasteiger partial charge < -0.3 is 13.7 Å². The van der Waals surface area contributed by atoms with Crippen molar-refractivity contribution in [3.05, 3.63) is 148 Å². The fourth-order valence-corrected chi connectivity index (χ4v) is 6.04. The molecule has 3 aromatic carbocycles. The van der Waals surface area contributed by atoms with E-state index in [0.29, 0.717) is 39.3 Å². The molecular weight excluding hydrogens is 796 g/mol. The van der Waals surface area contributed by atoms with E-state index in [4.69, 9.17) is 9.10 Å². The number of hydrogen-bond acceptors (Lipinski definition) is 5. The largest absolute Gasteiger partial charge is 0.333 e. The maximum atomic E-state index is 14.6. The van der Waals surface area contributed by atoms with Gasteiger partial charge in [0, 0.05) is 62.1 Å². The molecule has 8 rings (SSSR count). The first-order valence-corrected chi connectivity index (χ1v) is 15.4. The van der Waals surface area contributed by atoms with E-state index in [1.165, 1.54) is 21.5 Å². The maximum Gasteiger partial charge on any atom is 0.326 e. The van der Waals surface area contributed by atoms with Crippen LogP contribution in [0.5, 0.6) is 0 Å². The van der Waals surface area contributed by atoms with E-state index in [0.717, 1.165) is 10.1 Å². The van der Waals surface area contributed by atoms with Crippen LogP contribution in [0.1, 0.15) is 30.4 Å². The number of nitrogens with zero attached hydrogens (tertiary/aromatic N) is 8. The Morgan fingerprint density at radius 1 is 0.673 bits per heavy atom. The zero-order valence-electron chi connectivity index (χ0n) is 29.7. The predicted molar refractivity (Wildman–Crippen MR) is 187 cm³/mol. The minimum absolute atomic E-state index is 0. The molecule has 0 fully saturated rings. The van der Waals surface area contributed by atoms with Crippen LogP contribution in [0.3, 0.4) is 0 Å². The molecule has 0 N–H and O–H groups in total. The summed E-state index contributed by atoms with van der Waals surface area (Å²) >= 11 is 0. The van der Waals surface area contributed by atoms with Gasteiger partial charge in [-0.2, -0.15) is 0 Å². The summed E-state index contributed by atoms with van der Waals surface area (Å²) in [7, 11) is 0. The van der Waals surface area contributed by atoms with Gasteiger partial charge in [0.1, 0.15) is 17.3 Å². The van der Waals surface area contributed by atoms with Gasteiger partial charge in [-0.15, -0.1) is 12.1 Å². The first kappa shape index (κ1) is 28.4. The first-order chi connectivity index (χ1) is 24.4. The molecule has 0 aliphatic heterocycles. The van der Waals surface area contributed by atoms with Crippen molar-refractivity contribution in [3.63, 3.8) is 0 Å². The summed E-state index contributed by atoms with van der Waals surface area (Å²) in [4.78, 5) is 42.8. The Hall–Kier alpha value is -5.60. The van der Waals surface area contributed by atoms with Gasteiger partial charge in [-0.3, -0.25) is 9.13 Å². The Morgan fingerprint density at radius 3 is 1.88 bits per heavy atom. The number of pyridine rings is 2. The summed E-state index contributed by atoms with van der Waals surface area (Å²) in [5.74, 6) is 0.759. The van der Waals surface area contributed by atoms with Crippen LogP contribution < -0.4 is 11.4 Å². The third-order valence-electron chi connectivity index (χ3n) is 8.39. The summed E-state index contributed by atoms with van der Waals surface area (Å²) < 4.78 is 31.0. The van der Waals surface area contributed by atoms with Crippen LogP contribution in [0.2, 0.25) is 0 Å². The van der Waals surface area contributed by atoms with Gasteiger partial charge in [0.05, 0.1) is 0 Å². The van der Waals surface area contributed by atoms with Gasteiger partial charge in [0.15, 0.2) is 5.82 Å². The van der Waals surface area contributed by atoms with Crippen LogP contribution in [-0.2, 0) is 33.5 Å². The Bertz CT molecular complexity index is 2720. The molecule has 0 spiro atoms. The van der Waals surface area contributed by atoms with Gasteiger partial charge in [0.25, 0.3) is 0 Å². The molecule has 0 aliphatic carbocycles. The molecule has 0 bridgehead atoms. The quantitative estimate of drug-likeness (QED) is 0.194. The van der Waals surface area contributed by atoms with E-state index in [-0.39, 0.29) is 49.5 Å². The Morgan fingerprint density at radius 2 is 1.29 bits per heavy atom. The molecule has 0 aliphatic rings. The molecule has 246 valence electrons. The Labute approximate surface area is 300 Å². The van der Waals surface area contributed by atoms with Crippen molar-refractivity contribution in [3.8, 4) is 34.5 Å². The molecular formula is C38H31N8O2Pt-. The second-order valence-electron chi connectivity index (χ2n) is 12.5. The minimum Gasteiger partial charge on any atom is -0.333 e. The number of rotatable bonds is 5. The summed E-state index contributed by atoms with van der Waals surface area (Å²) in [6.45, 7) is 3.79. The van der Waals surface area contributed by atoms with Crippen LogP contribution in [0.4, 0.5) is 0 Å². The number of benzene rings is 3. The standard InChI is InChI=1S/C38H31N8O2.Pt/c1-38(2,3)25-18-19-39-34(22-25)46-32-24-31-29(23-30(32)44(37(46)48)27-14-9-6-10-15-27)43(26-12-7-5-8-13-26)36(47)45(31)33-17-11-16-28(41-33)35-40-20-21-42(35)4;/h5-23H,1-4H3;/q-1;/i4D3;. The summed E-state index contributed by atoms with van der Waals surface area (Å²) in [5.41, 5.74) is 3.24. The zero-order chi connectivity index (χ0) is 35.7. The number of imidazole rings is 3. The van der Waals surface area contributed by atoms with Crippen molar-refractivity contribution >= 4 is 22.1 Å². The van der Waals surface area contributed by atoms with Crippen LogP contribution in [-0.4, -0.2) is 37.8 Å². The summed E-state index contributed by atoms with van der Waals surface area (Å²) in [6.07, 6.45) is 4.45. The van der Waals surface area contributed by atoms with Crippen LogP contribution in [0.25, 0.3) is 56.6 Å². The molecule has 0 amide bonds. The third kappa shape index (κ3) is 5.29. The van der Waals surface area contributed by atoms with Gasteiger partial charge in [-0.25, -0.2) is 24.5 Å². The molecule has 49 heavy (non-hydrogen) atoms. The van der Waals surface area contributed by atoms with Gasteiger partial charge >= 0.3 is 11.4 Å². The van der Waals surface area contributed by atoms with Crippen molar-refractivity contribution in [2.24, 2.45) is 6.98 Å². The number of para-hydroxylation sites is 2. The second-order valence-corrected chi connectivity index (χ2v) is 12.5. The SMILES string of the molecule is [2H]C([2H])([2H])n1ccnc1-c1cccc(-n2c(=O)n(-c3ccccc3)c3cc4c([c-]c32)n(-c2cc(C(C)(C)C)ccn2)c(=O)n4-c2ccccc2)n1.[Pt]. The van der Waals surface area contributed by atoms with Crippen molar-refractivity contribution in [2.45, 2.75) is 26.2 Å². The molecule has 0 unspecified atom stereocenters. The third-order valence-corrected chi connectivity index (χ3v) is 8.39. The van der Waals surface area contributed by atoms with Crippen molar-refractivity contribution in [1.29, 1.82) is 0 Å². The normalized spacial score (nSPS) is 12.8. The number of aromatic nitrogens is 8. The molecule has 5 heterocycles. The van der Waals surface area contributed by atoms with Crippen molar-refractivity contribution < 1.29 is 25.2 Å². The van der Waals surface area contributed by atoms with E-state index in [1.54, 1.807) is 33.5 Å². The van der Waals surface area contributed by atoms with E-state index >= 15 is 0 Å².